The fraction of sp³-hybridized carbons (Fsp3) is 0.529. The highest BCUT2D eigenvalue weighted by atomic mass is 16.5. The van der Waals surface area contributed by atoms with E-state index >= 15 is 0 Å². The molecular weight excluding hydrogens is 262 g/mol. The summed E-state index contributed by atoms with van der Waals surface area (Å²) in [5, 5.41) is 4.19. The minimum absolute atomic E-state index is 0.308. The number of nitrogens with zero attached hydrogens (tertiary/aromatic N) is 2. The van der Waals surface area contributed by atoms with Crippen molar-refractivity contribution in [3.05, 3.63) is 47.6 Å². The maximum atomic E-state index is 6.49. The summed E-state index contributed by atoms with van der Waals surface area (Å²) in [5.41, 5.74) is 6.93. The summed E-state index contributed by atoms with van der Waals surface area (Å²) in [5.74, 6) is 1.31. The van der Waals surface area contributed by atoms with E-state index in [0.29, 0.717) is 11.7 Å². The van der Waals surface area contributed by atoms with Crippen LogP contribution in [-0.2, 0) is 11.0 Å². The monoisotopic (exact) mass is 285 g/mol. The molecule has 1 saturated carbocycles. The minimum Gasteiger partial charge on any atom is -0.338 e. The fourth-order valence-corrected chi connectivity index (χ4v) is 3.06. The van der Waals surface area contributed by atoms with Gasteiger partial charge in [0.05, 0.1) is 11.0 Å². The fourth-order valence-electron chi connectivity index (χ4n) is 3.06. The minimum atomic E-state index is -0.410. The molecular formula is C17H23N3O. The Balaban J connectivity index is 1.91. The number of hydrogen-bond acceptors (Lipinski definition) is 4. The number of hydrogen-bond donors (Lipinski definition) is 1. The topological polar surface area (TPSA) is 64.9 Å². The van der Waals surface area contributed by atoms with Crippen LogP contribution in [0, 0.1) is 0 Å². The smallest absolute Gasteiger partial charge is 0.236 e. The zero-order valence-corrected chi connectivity index (χ0v) is 12.8. The van der Waals surface area contributed by atoms with Gasteiger partial charge in [-0.15, -0.1) is 0 Å². The van der Waals surface area contributed by atoms with Gasteiger partial charge in [0.1, 0.15) is 0 Å². The lowest BCUT2D eigenvalue weighted by atomic mass is 9.81. The molecule has 1 aliphatic carbocycles. The molecule has 0 aliphatic heterocycles. The van der Waals surface area contributed by atoms with Crippen molar-refractivity contribution < 1.29 is 4.52 Å². The highest BCUT2D eigenvalue weighted by molar-refractivity contribution is 5.29. The van der Waals surface area contributed by atoms with E-state index in [1.165, 1.54) is 6.42 Å². The predicted octanol–water partition coefficient (Wildman–Crippen LogP) is 3.51. The van der Waals surface area contributed by atoms with Crippen molar-refractivity contribution in [2.75, 3.05) is 0 Å². The average Bonchev–Trinajstić information content (AvgIpc) is 3.00. The van der Waals surface area contributed by atoms with Gasteiger partial charge in [0.25, 0.3) is 0 Å². The molecule has 1 fully saturated rings. The van der Waals surface area contributed by atoms with Crippen LogP contribution in [-0.4, -0.2) is 10.1 Å². The van der Waals surface area contributed by atoms with E-state index in [2.05, 4.69) is 36.1 Å². The number of benzene rings is 1. The summed E-state index contributed by atoms with van der Waals surface area (Å²) < 4.78 is 5.56. The molecule has 4 nitrogen and oxygen atoms in total. The standard InChI is InChI=1S/C17H23N3O/c1-16(2,13-9-5-3-6-10-13)15-19-14(20-21-15)17(18)11-7-4-8-12-17/h3,5-6,9-10H,4,7-8,11-12,18H2,1-2H3. The van der Waals surface area contributed by atoms with Gasteiger partial charge in [0.2, 0.25) is 5.89 Å². The third-order valence-electron chi connectivity index (χ3n) is 4.65. The van der Waals surface area contributed by atoms with Gasteiger partial charge in [-0.05, 0) is 32.3 Å². The van der Waals surface area contributed by atoms with Gasteiger partial charge >= 0.3 is 0 Å². The van der Waals surface area contributed by atoms with Crippen molar-refractivity contribution in [2.45, 2.75) is 56.9 Å². The lowest BCUT2D eigenvalue weighted by Crippen LogP contribution is -2.39. The lowest BCUT2D eigenvalue weighted by Gasteiger charge is -2.30. The number of rotatable bonds is 3. The Bertz CT molecular complexity index is 598. The largest absolute Gasteiger partial charge is 0.338 e. The molecule has 4 heteroatoms. The summed E-state index contributed by atoms with van der Waals surface area (Å²) in [6, 6.07) is 10.2. The van der Waals surface area contributed by atoms with E-state index in [4.69, 9.17) is 10.3 Å². The van der Waals surface area contributed by atoms with Crippen LogP contribution in [0.15, 0.2) is 34.9 Å². The Hall–Kier alpha value is -1.68. The van der Waals surface area contributed by atoms with E-state index < -0.39 is 5.54 Å². The second-order valence-electron chi connectivity index (χ2n) is 6.63. The highest BCUT2D eigenvalue weighted by Gasteiger charge is 2.37. The molecule has 3 rings (SSSR count). The van der Waals surface area contributed by atoms with Crippen molar-refractivity contribution >= 4 is 0 Å². The van der Waals surface area contributed by atoms with Gasteiger partial charge in [-0.1, -0.05) is 54.8 Å². The summed E-state index contributed by atoms with van der Waals surface area (Å²) in [4.78, 5) is 4.65. The molecule has 0 bridgehead atoms. The summed E-state index contributed by atoms with van der Waals surface area (Å²) in [6.45, 7) is 4.20. The van der Waals surface area contributed by atoms with Crippen LogP contribution in [0.5, 0.6) is 0 Å². The van der Waals surface area contributed by atoms with E-state index in [-0.39, 0.29) is 5.41 Å². The van der Waals surface area contributed by atoms with E-state index in [1.54, 1.807) is 0 Å². The average molecular weight is 285 g/mol. The predicted molar refractivity (Wildman–Crippen MR) is 81.8 cm³/mol. The Labute approximate surface area is 125 Å². The third-order valence-corrected chi connectivity index (χ3v) is 4.65. The summed E-state index contributed by atoms with van der Waals surface area (Å²) in [6.07, 6.45) is 5.42. The van der Waals surface area contributed by atoms with Crippen LogP contribution >= 0.6 is 0 Å². The zero-order valence-electron chi connectivity index (χ0n) is 12.8. The molecule has 0 atom stereocenters. The van der Waals surface area contributed by atoms with Gasteiger partial charge in [-0.3, -0.25) is 0 Å². The molecule has 2 aromatic rings. The van der Waals surface area contributed by atoms with Gasteiger partial charge < -0.3 is 10.3 Å². The van der Waals surface area contributed by atoms with Crippen LogP contribution < -0.4 is 5.73 Å². The van der Waals surface area contributed by atoms with Gasteiger partial charge in [0.15, 0.2) is 5.82 Å². The molecule has 0 radical (unpaired) electrons. The van der Waals surface area contributed by atoms with Crippen molar-refractivity contribution in [1.29, 1.82) is 0 Å². The molecule has 1 aromatic heterocycles. The lowest BCUT2D eigenvalue weighted by molar-refractivity contribution is 0.270. The van der Waals surface area contributed by atoms with E-state index in [0.717, 1.165) is 31.2 Å². The highest BCUT2D eigenvalue weighted by Crippen LogP contribution is 2.35. The Morgan fingerprint density at radius 2 is 1.76 bits per heavy atom. The first-order valence-corrected chi connectivity index (χ1v) is 7.71. The SMILES string of the molecule is CC(C)(c1ccccc1)c1nc(C2(N)CCCCC2)no1. The molecule has 1 aromatic carbocycles. The quantitative estimate of drug-likeness (QED) is 0.937. The zero-order chi connectivity index (χ0) is 14.9. The molecule has 21 heavy (non-hydrogen) atoms. The van der Waals surface area contributed by atoms with Gasteiger partial charge in [-0.25, -0.2) is 0 Å². The first-order chi connectivity index (χ1) is 10.0. The first kappa shape index (κ1) is 14.3. The van der Waals surface area contributed by atoms with Gasteiger partial charge in [0, 0.05) is 0 Å². The Morgan fingerprint density at radius 3 is 2.43 bits per heavy atom. The van der Waals surface area contributed by atoms with Gasteiger partial charge in [-0.2, -0.15) is 4.98 Å². The molecule has 112 valence electrons. The van der Waals surface area contributed by atoms with E-state index in [9.17, 15) is 0 Å². The molecule has 1 aliphatic rings. The van der Waals surface area contributed by atoms with Crippen LogP contribution in [0.1, 0.15) is 63.2 Å². The number of nitrogens with two attached hydrogens (primary N) is 1. The van der Waals surface area contributed by atoms with Crippen LogP contribution in [0.25, 0.3) is 0 Å². The third kappa shape index (κ3) is 2.60. The van der Waals surface area contributed by atoms with Crippen molar-refractivity contribution in [3.8, 4) is 0 Å². The maximum Gasteiger partial charge on any atom is 0.236 e. The summed E-state index contributed by atoms with van der Waals surface area (Å²) >= 11 is 0. The molecule has 2 N–H and O–H groups in total. The van der Waals surface area contributed by atoms with Crippen molar-refractivity contribution in [2.24, 2.45) is 5.73 Å². The second-order valence-corrected chi connectivity index (χ2v) is 6.63. The first-order valence-electron chi connectivity index (χ1n) is 7.71. The maximum absolute atomic E-state index is 6.49. The molecule has 0 spiro atoms. The number of aromatic nitrogens is 2. The molecule has 0 unspecified atom stereocenters. The van der Waals surface area contributed by atoms with Crippen LogP contribution in [0.2, 0.25) is 0 Å². The Morgan fingerprint density at radius 1 is 1.10 bits per heavy atom. The van der Waals surface area contributed by atoms with Crippen LogP contribution in [0.4, 0.5) is 0 Å². The summed E-state index contributed by atoms with van der Waals surface area (Å²) in [7, 11) is 0. The second kappa shape index (κ2) is 5.26. The van der Waals surface area contributed by atoms with Crippen molar-refractivity contribution in [1.82, 2.24) is 10.1 Å². The molecule has 1 heterocycles. The van der Waals surface area contributed by atoms with Crippen LogP contribution in [0.3, 0.4) is 0 Å². The van der Waals surface area contributed by atoms with Crippen molar-refractivity contribution in [3.63, 3.8) is 0 Å². The molecule has 0 amide bonds. The van der Waals surface area contributed by atoms with E-state index in [1.807, 2.05) is 18.2 Å². The normalized spacial score (nSPS) is 18.6. The Kier molecular flexibility index (Phi) is 3.57. The molecule has 0 saturated heterocycles.